The van der Waals surface area contributed by atoms with E-state index in [1.165, 1.54) is 25.5 Å². The fraction of sp³-hybridized carbons (Fsp3) is 0.559. The molecule has 3 aromatic rings. The van der Waals surface area contributed by atoms with Gasteiger partial charge in [0.25, 0.3) is 0 Å². The zero-order valence-electron chi connectivity index (χ0n) is 26.7. The first-order valence-corrected chi connectivity index (χ1v) is 19.4. The molecule has 2 aliphatic rings. The van der Waals surface area contributed by atoms with Crippen molar-refractivity contribution in [3.8, 4) is 5.75 Å². The first-order chi connectivity index (χ1) is 21.8. The normalized spacial score (nSPS) is 18.0. The van der Waals surface area contributed by atoms with Gasteiger partial charge in [-0.05, 0) is 61.7 Å². The van der Waals surface area contributed by atoms with Crippen LogP contribution in [0.1, 0.15) is 51.9 Å². The lowest BCUT2D eigenvalue weighted by Crippen LogP contribution is -2.53. The summed E-state index contributed by atoms with van der Waals surface area (Å²) in [5.74, 6) is 0.663. The Hall–Kier alpha value is -2.57. The number of sulfone groups is 1. The number of β-amino-alcohol motifs (C(OH)–C–C–N with tert-alkyl or cyclic N) is 1. The Kier molecular flexibility index (Phi) is 11.9. The second-order valence-corrected chi connectivity index (χ2v) is 15.5. The van der Waals surface area contributed by atoms with Crippen molar-refractivity contribution in [3.05, 3.63) is 48.7 Å². The highest BCUT2D eigenvalue weighted by Crippen LogP contribution is 2.38. The second-order valence-electron chi connectivity index (χ2n) is 12.2. The number of hydrogen-bond acceptors (Lipinski definition) is 9. The summed E-state index contributed by atoms with van der Waals surface area (Å²) in [7, 11) is -5.13. The van der Waals surface area contributed by atoms with Crippen LogP contribution in [0.5, 0.6) is 5.75 Å². The first-order valence-electron chi connectivity index (χ1n) is 16.4. The molecule has 0 saturated carbocycles. The Morgan fingerprint density at radius 2 is 1.67 bits per heavy atom. The number of aliphatic hydroxyl groups excluding tert-OH is 1. The number of piperazine rings is 1. The van der Waals surface area contributed by atoms with Gasteiger partial charge in [0.1, 0.15) is 10.6 Å². The van der Waals surface area contributed by atoms with Crippen molar-refractivity contribution in [1.29, 1.82) is 0 Å². The Morgan fingerprint density at radius 1 is 0.956 bits per heavy atom. The van der Waals surface area contributed by atoms with E-state index >= 15 is 0 Å². The lowest BCUT2D eigenvalue weighted by molar-refractivity contribution is 0.0747. The number of aromatic nitrogens is 1. The molecule has 3 heterocycles. The molecule has 9 nitrogen and oxygen atoms in total. The molecule has 1 atom stereocenters. The molecule has 0 amide bonds. The monoisotopic (exact) mass is 656 g/mol. The number of nitrogens with zero attached hydrogens (tertiary/aromatic N) is 4. The van der Waals surface area contributed by atoms with E-state index in [0.29, 0.717) is 53.0 Å². The van der Waals surface area contributed by atoms with Gasteiger partial charge in [0.2, 0.25) is 9.84 Å². The van der Waals surface area contributed by atoms with Crippen LogP contribution in [0.2, 0.25) is 0 Å². The Bertz CT molecular complexity index is 1530. The number of rotatable bonds is 14. The van der Waals surface area contributed by atoms with Crippen LogP contribution in [0.3, 0.4) is 0 Å². The largest absolute Gasteiger partial charge is 0.494 e. The van der Waals surface area contributed by atoms with Crippen molar-refractivity contribution in [3.63, 3.8) is 0 Å². The lowest BCUT2D eigenvalue weighted by Gasteiger charge is -2.43. The van der Waals surface area contributed by atoms with Crippen molar-refractivity contribution in [2.75, 3.05) is 70.2 Å². The van der Waals surface area contributed by atoms with Crippen LogP contribution in [0.15, 0.2) is 63.3 Å². The molecular formula is C34H48N4O5S2. The summed E-state index contributed by atoms with van der Waals surface area (Å²) in [6.45, 7) is 9.02. The molecule has 246 valence electrons. The summed E-state index contributed by atoms with van der Waals surface area (Å²) in [6.07, 6.45) is 10.7. The predicted molar refractivity (Wildman–Crippen MR) is 181 cm³/mol. The highest BCUT2D eigenvalue weighted by Gasteiger charge is 2.32. The molecule has 45 heavy (non-hydrogen) atoms. The van der Waals surface area contributed by atoms with Gasteiger partial charge in [-0.3, -0.25) is 19.0 Å². The number of benzene rings is 2. The fourth-order valence-corrected chi connectivity index (χ4v) is 8.50. The van der Waals surface area contributed by atoms with E-state index in [1.54, 1.807) is 36.6 Å². The molecule has 2 aliphatic heterocycles. The highest BCUT2D eigenvalue weighted by molar-refractivity contribution is 7.91. The molecule has 0 spiro atoms. The summed E-state index contributed by atoms with van der Waals surface area (Å²) < 4.78 is 46.8. The van der Waals surface area contributed by atoms with E-state index in [0.717, 1.165) is 58.4 Å². The van der Waals surface area contributed by atoms with Crippen LogP contribution in [-0.4, -0.2) is 104 Å². The van der Waals surface area contributed by atoms with Crippen LogP contribution < -0.4 is 9.64 Å². The SMILES string of the molecule is CCCCCCCOc1ccc(S(=O)(=O)c2cnc3ccc(S(C)=O)cc3c2N2CCC(N3CCN(CCO)CC3)CC2)cc1. The minimum atomic E-state index is -3.91. The van der Waals surface area contributed by atoms with Crippen molar-refractivity contribution < 1.29 is 22.5 Å². The molecule has 1 N–H and O–H groups in total. The molecule has 2 saturated heterocycles. The van der Waals surface area contributed by atoms with Gasteiger partial charge in [-0.1, -0.05) is 32.6 Å². The number of aliphatic hydroxyl groups is 1. The van der Waals surface area contributed by atoms with Gasteiger partial charge < -0.3 is 14.7 Å². The molecule has 0 radical (unpaired) electrons. The standard InChI is InChI=1S/C34H48N4O5S2/c1-3-4-5-6-7-24-43-28-8-11-30(12-9-28)45(41,42)33-26-35-32-13-10-29(44(2)40)25-31(32)34(33)38-16-14-27(15-17-38)37-20-18-36(19-21-37)22-23-39/h8-13,25-27,39H,3-7,14-24H2,1-2H3. The van der Waals surface area contributed by atoms with E-state index in [1.807, 2.05) is 12.1 Å². The van der Waals surface area contributed by atoms with Crippen molar-refractivity contribution in [2.45, 2.75) is 72.6 Å². The molecule has 11 heteroatoms. The van der Waals surface area contributed by atoms with Crippen LogP contribution in [0.25, 0.3) is 10.9 Å². The molecule has 1 aromatic heterocycles. The maximum atomic E-state index is 14.2. The maximum absolute atomic E-state index is 14.2. The van der Waals surface area contributed by atoms with Crippen LogP contribution >= 0.6 is 0 Å². The number of ether oxygens (including phenoxy) is 1. The van der Waals surface area contributed by atoms with Gasteiger partial charge in [0, 0.05) is 85.4 Å². The van der Waals surface area contributed by atoms with Crippen molar-refractivity contribution >= 4 is 37.2 Å². The van der Waals surface area contributed by atoms with E-state index in [4.69, 9.17) is 4.74 Å². The van der Waals surface area contributed by atoms with Gasteiger partial charge in [-0.2, -0.15) is 0 Å². The predicted octanol–water partition coefficient (Wildman–Crippen LogP) is 4.73. The summed E-state index contributed by atoms with van der Waals surface area (Å²) in [6, 6.07) is 12.6. The summed E-state index contributed by atoms with van der Waals surface area (Å²) in [4.78, 5) is 12.6. The molecule has 0 bridgehead atoms. The number of fused-ring (bicyclic) bond motifs is 1. The Labute approximate surface area is 270 Å². The van der Waals surface area contributed by atoms with Gasteiger partial charge in [0.15, 0.2) is 0 Å². The quantitative estimate of drug-likeness (QED) is 0.247. The maximum Gasteiger partial charge on any atom is 0.210 e. The molecule has 1 unspecified atom stereocenters. The molecule has 5 rings (SSSR count). The third-order valence-corrected chi connectivity index (χ3v) is 11.9. The Morgan fingerprint density at radius 3 is 2.33 bits per heavy atom. The summed E-state index contributed by atoms with van der Waals surface area (Å²) >= 11 is 0. The van der Waals surface area contributed by atoms with Crippen molar-refractivity contribution in [2.24, 2.45) is 0 Å². The minimum Gasteiger partial charge on any atom is -0.494 e. The third-order valence-electron chi connectivity index (χ3n) is 9.17. The lowest BCUT2D eigenvalue weighted by atomic mass is 10.0. The Balaban J connectivity index is 1.38. The number of hydrogen-bond donors (Lipinski definition) is 1. The number of pyridine rings is 1. The number of unbranched alkanes of at least 4 members (excludes halogenated alkanes) is 4. The molecule has 0 aliphatic carbocycles. The highest BCUT2D eigenvalue weighted by atomic mass is 32.2. The van der Waals surface area contributed by atoms with Gasteiger partial charge in [-0.15, -0.1) is 0 Å². The zero-order chi connectivity index (χ0) is 31.8. The molecular weight excluding hydrogens is 609 g/mol. The van der Waals surface area contributed by atoms with Crippen LogP contribution in [-0.2, 0) is 20.6 Å². The van der Waals surface area contributed by atoms with E-state index in [2.05, 4.69) is 26.6 Å². The third kappa shape index (κ3) is 8.24. The van der Waals surface area contributed by atoms with Crippen molar-refractivity contribution in [1.82, 2.24) is 14.8 Å². The molecule has 2 fully saturated rings. The van der Waals surface area contributed by atoms with E-state index in [9.17, 15) is 17.7 Å². The average molecular weight is 657 g/mol. The fourth-order valence-electron chi connectivity index (χ4n) is 6.53. The molecule has 2 aromatic carbocycles. The van der Waals surface area contributed by atoms with Gasteiger partial charge >= 0.3 is 0 Å². The minimum absolute atomic E-state index is 0.176. The number of piperidine rings is 1. The summed E-state index contributed by atoms with van der Waals surface area (Å²) in [5.41, 5.74) is 1.33. The first kappa shape index (κ1) is 33.8. The van der Waals surface area contributed by atoms with Gasteiger partial charge in [-0.25, -0.2) is 8.42 Å². The topological polar surface area (TPSA) is 103 Å². The van der Waals surface area contributed by atoms with Crippen LogP contribution in [0.4, 0.5) is 5.69 Å². The van der Waals surface area contributed by atoms with Crippen LogP contribution in [0, 0.1) is 0 Å². The van der Waals surface area contributed by atoms with Gasteiger partial charge in [0.05, 0.1) is 29.3 Å². The van der Waals surface area contributed by atoms with E-state index < -0.39 is 20.6 Å². The number of anilines is 1. The second kappa shape index (κ2) is 15.8. The average Bonchev–Trinajstić information content (AvgIpc) is 3.06. The van der Waals surface area contributed by atoms with E-state index in [-0.39, 0.29) is 16.4 Å². The smallest absolute Gasteiger partial charge is 0.210 e. The summed E-state index contributed by atoms with van der Waals surface area (Å²) in [5, 5.41) is 10.00. The zero-order valence-corrected chi connectivity index (χ0v) is 28.3.